The molecule has 0 spiro atoms. The first-order chi connectivity index (χ1) is 18.7. The molecule has 12 heteroatoms. The van der Waals surface area contributed by atoms with Gasteiger partial charge in [0.15, 0.2) is 15.9 Å². The molecule has 40 heavy (non-hydrogen) atoms. The summed E-state index contributed by atoms with van der Waals surface area (Å²) < 4.78 is 31.2. The number of ether oxygens (including phenoxy) is 1. The van der Waals surface area contributed by atoms with E-state index in [1.807, 2.05) is 0 Å². The Labute approximate surface area is 235 Å². The lowest BCUT2D eigenvalue weighted by molar-refractivity contribution is -0.131. The second-order valence-electron chi connectivity index (χ2n) is 10.3. The molecule has 0 radical (unpaired) electrons. The van der Waals surface area contributed by atoms with Gasteiger partial charge in [0, 0.05) is 12.1 Å². The van der Waals surface area contributed by atoms with Crippen molar-refractivity contribution in [3.63, 3.8) is 0 Å². The minimum atomic E-state index is -3.81. The van der Waals surface area contributed by atoms with Crippen molar-refractivity contribution in [3.8, 4) is 0 Å². The molecule has 0 heterocycles. The zero-order chi connectivity index (χ0) is 29.9. The highest BCUT2D eigenvalue weighted by molar-refractivity contribution is 7.90. The number of carbonyl (C=O) groups excluding carboxylic acids is 3. The third-order valence-corrected chi connectivity index (χ3v) is 7.36. The van der Waals surface area contributed by atoms with E-state index in [0.717, 1.165) is 0 Å². The predicted octanol–water partition coefficient (Wildman–Crippen LogP) is 2.14. The standard InChI is InChI=1S/C28H38N4O7S/c1-5-22(23(33)26(35)32-24(29)20-14-10-7-11-15-20)31-25(34)21(16-30-27(36)39-28(2,3)4)18-40(37,38)17-19-12-8-6-9-13-19/h6-15,21-23,33H,5,16-18H2,1-4H3,(H,30,36)(H,31,34)(H2,29,32,35). The molecule has 0 saturated heterocycles. The molecule has 0 aliphatic rings. The third kappa shape index (κ3) is 11.1. The highest BCUT2D eigenvalue weighted by Crippen LogP contribution is 2.13. The van der Waals surface area contributed by atoms with Gasteiger partial charge in [0.1, 0.15) is 11.4 Å². The predicted molar refractivity (Wildman–Crippen MR) is 151 cm³/mol. The van der Waals surface area contributed by atoms with Gasteiger partial charge in [0.05, 0.1) is 23.5 Å². The molecular weight excluding hydrogens is 536 g/mol. The van der Waals surface area contributed by atoms with Crippen molar-refractivity contribution >= 4 is 33.6 Å². The van der Waals surface area contributed by atoms with Crippen molar-refractivity contribution in [3.05, 3.63) is 71.8 Å². The number of alkyl carbamates (subject to hydrolysis) is 1. The molecule has 2 aromatic carbocycles. The largest absolute Gasteiger partial charge is 0.444 e. The Hall–Kier alpha value is -3.77. The highest BCUT2D eigenvalue weighted by Gasteiger charge is 2.32. The number of hydrogen-bond acceptors (Lipinski definition) is 8. The maximum Gasteiger partial charge on any atom is 0.407 e. The lowest BCUT2D eigenvalue weighted by Gasteiger charge is -2.26. The van der Waals surface area contributed by atoms with Gasteiger partial charge < -0.3 is 25.8 Å². The van der Waals surface area contributed by atoms with Gasteiger partial charge in [-0.3, -0.25) is 15.0 Å². The molecule has 0 aromatic heterocycles. The van der Waals surface area contributed by atoms with Crippen LogP contribution >= 0.6 is 0 Å². The van der Waals surface area contributed by atoms with Gasteiger partial charge in [-0.1, -0.05) is 67.6 Å². The summed E-state index contributed by atoms with van der Waals surface area (Å²) in [6.07, 6.45) is -2.42. The van der Waals surface area contributed by atoms with Crippen LogP contribution in [-0.4, -0.2) is 67.3 Å². The number of carbonyl (C=O) groups is 3. The van der Waals surface area contributed by atoms with Crippen LogP contribution in [0, 0.1) is 11.3 Å². The first-order valence-electron chi connectivity index (χ1n) is 12.8. The van der Waals surface area contributed by atoms with Gasteiger partial charge in [-0.05, 0) is 32.8 Å². The van der Waals surface area contributed by atoms with Gasteiger partial charge in [-0.15, -0.1) is 0 Å². The molecule has 0 bridgehead atoms. The van der Waals surface area contributed by atoms with Crippen molar-refractivity contribution in [2.45, 2.75) is 57.6 Å². The second-order valence-corrected chi connectivity index (χ2v) is 12.4. The second kappa shape index (κ2) is 14.6. The molecule has 3 amide bonds. The summed E-state index contributed by atoms with van der Waals surface area (Å²) in [5, 5.41) is 26.0. The summed E-state index contributed by atoms with van der Waals surface area (Å²) in [7, 11) is -3.81. The van der Waals surface area contributed by atoms with E-state index >= 15 is 0 Å². The molecule has 2 aromatic rings. The summed E-state index contributed by atoms with van der Waals surface area (Å²) in [6.45, 7) is 6.26. The van der Waals surface area contributed by atoms with Gasteiger partial charge in [0.2, 0.25) is 5.91 Å². The number of sulfone groups is 1. The topological polar surface area (TPSA) is 175 Å². The Morgan fingerprint density at radius 3 is 2.10 bits per heavy atom. The van der Waals surface area contributed by atoms with E-state index in [1.165, 1.54) is 0 Å². The maximum atomic E-state index is 13.3. The zero-order valence-corrected chi connectivity index (χ0v) is 24.0. The Morgan fingerprint density at radius 1 is 0.975 bits per heavy atom. The first-order valence-corrected chi connectivity index (χ1v) is 14.7. The fraction of sp³-hybridized carbons (Fsp3) is 0.429. The SMILES string of the molecule is CCC(NC(=O)C(CNC(=O)OC(C)(C)C)CS(=O)(=O)Cc1ccccc1)C(O)C(=O)NC(=N)c1ccccc1. The number of aliphatic hydroxyl groups excluding tert-OH is 1. The van der Waals surface area contributed by atoms with Crippen molar-refractivity contribution in [1.82, 2.24) is 16.0 Å². The fourth-order valence-corrected chi connectivity index (χ4v) is 5.40. The van der Waals surface area contributed by atoms with Gasteiger partial charge in [0.25, 0.3) is 5.91 Å². The number of amidine groups is 1. The van der Waals surface area contributed by atoms with E-state index in [-0.39, 0.29) is 24.6 Å². The smallest absolute Gasteiger partial charge is 0.407 e. The zero-order valence-electron chi connectivity index (χ0n) is 23.1. The Bertz CT molecular complexity index is 1260. The molecule has 218 valence electrons. The van der Waals surface area contributed by atoms with Crippen molar-refractivity contribution in [2.24, 2.45) is 5.92 Å². The molecule has 2 rings (SSSR count). The Balaban J connectivity index is 2.14. The number of benzene rings is 2. The van der Waals surface area contributed by atoms with E-state index < -0.39 is 57.2 Å². The molecule has 11 nitrogen and oxygen atoms in total. The Morgan fingerprint density at radius 2 is 1.55 bits per heavy atom. The van der Waals surface area contributed by atoms with Crippen LogP contribution in [0.4, 0.5) is 4.79 Å². The van der Waals surface area contributed by atoms with Crippen molar-refractivity contribution < 1.29 is 32.6 Å². The van der Waals surface area contributed by atoms with Gasteiger partial charge in [-0.2, -0.15) is 0 Å². The van der Waals surface area contributed by atoms with Crippen LogP contribution in [-0.2, 0) is 29.9 Å². The number of amides is 3. The minimum Gasteiger partial charge on any atom is -0.444 e. The monoisotopic (exact) mass is 574 g/mol. The number of nitrogens with one attached hydrogen (secondary N) is 4. The van der Waals surface area contributed by atoms with Crippen LogP contribution in [0.2, 0.25) is 0 Å². The van der Waals surface area contributed by atoms with Gasteiger partial charge >= 0.3 is 6.09 Å². The van der Waals surface area contributed by atoms with Gasteiger partial charge in [-0.25, -0.2) is 13.2 Å². The molecule has 0 saturated carbocycles. The molecular formula is C28H38N4O7S. The lowest BCUT2D eigenvalue weighted by Crippen LogP contribution is -2.54. The summed E-state index contributed by atoms with van der Waals surface area (Å²) >= 11 is 0. The van der Waals surface area contributed by atoms with Crippen LogP contribution in [0.15, 0.2) is 60.7 Å². The summed E-state index contributed by atoms with van der Waals surface area (Å²) in [6, 6.07) is 15.8. The average molecular weight is 575 g/mol. The Kier molecular flexibility index (Phi) is 11.8. The number of aliphatic hydroxyl groups is 1. The van der Waals surface area contributed by atoms with Crippen LogP contribution in [0.5, 0.6) is 0 Å². The van der Waals surface area contributed by atoms with Crippen molar-refractivity contribution in [1.29, 1.82) is 5.41 Å². The lowest BCUT2D eigenvalue weighted by atomic mass is 10.0. The maximum absolute atomic E-state index is 13.3. The summed E-state index contributed by atoms with van der Waals surface area (Å²) in [5.74, 6) is -4.05. The summed E-state index contributed by atoms with van der Waals surface area (Å²) in [4.78, 5) is 38.1. The van der Waals surface area contributed by atoms with E-state index in [2.05, 4.69) is 16.0 Å². The highest BCUT2D eigenvalue weighted by atomic mass is 32.2. The molecule has 3 atom stereocenters. The van der Waals surface area contributed by atoms with E-state index in [4.69, 9.17) is 10.1 Å². The summed E-state index contributed by atoms with van der Waals surface area (Å²) in [5.41, 5.74) is 0.164. The molecule has 0 fully saturated rings. The molecule has 0 aliphatic heterocycles. The van der Waals surface area contributed by atoms with Crippen LogP contribution in [0.1, 0.15) is 45.2 Å². The molecule has 3 unspecified atom stereocenters. The van der Waals surface area contributed by atoms with Crippen molar-refractivity contribution in [2.75, 3.05) is 12.3 Å². The number of hydrogen-bond donors (Lipinski definition) is 5. The fourth-order valence-electron chi connectivity index (χ4n) is 3.70. The minimum absolute atomic E-state index is 0.127. The van der Waals surface area contributed by atoms with Crippen LogP contribution in [0.25, 0.3) is 0 Å². The third-order valence-electron chi connectivity index (χ3n) is 5.67. The normalized spacial score (nSPS) is 13.8. The average Bonchev–Trinajstić information content (AvgIpc) is 2.88. The quantitative estimate of drug-likeness (QED) is 0.191. The van der Waals surface area contributed by atoms with Crippen LogP contribution in [0.3, 0.4) is 0 Å². The van der Waals surface area contributed by atoms with E-state index in [0.29, 0.717) is 11.1 Å². The number of rotatable bonds is 12. The first kappa shape index (κ1) is 32.4. The van der Waals surface area contributed by atoms with E-state index in [9.17, 15) is 27.9 Å². The molecule has 5 N–H and O–H groups in total. The van der Waals surface area contributed by atoms with E-state index in [1.54, 1.807) is 88.4 Å². The molecule has 0 aliphatic carbocycles. The van der Waals surface area contributed by atoms with Crippen LogP contribution < -0.4 is 16.0 Å².